The van der Waals surface area contributed by atoms with Crippen molar-refractivity contribution in [2.75, 3.05) is 38.7 Å². The van der Waals surface area contributed by atoms with Gasteiger partial charge in [0.15, 0.2) is 0 Å². The highest BCUT2D eigenvalue weighted by atomic mass is 35.5. The number of para-hydroxylation sites is 2. The Hall–Kier alpha value is -2.50. The van der Waals surface area contributed by atoms with Gasteiger partial charge in [0.1, 0.15) is 12.4 Å². The van der Waals surface area contributed by atoms with E-state index in [9.17, 15) is 4.79 Å². The van der Waals surface area contributed by atoms with Gasteiger partial charge in [-0.1, -0.05) is 35.9 Å². The van der Waals surface area contributed by atoms with Crippen LogP contribution in [0.2, 0.25) is 5.02 Å². The lowest BCUT2D eigenvalue weighted by molar-refractivity contribution is -0.134. The van der Waals surface area contributed by atoms with Gasteiger partial charge in [-0.2, -0.15) is 0 Å². The number of nitrogens with zero attached hydrogens (tertiary/aromatic N) is 2. The molecule has 6 heteroatoms. The highest BCUT2D eigenvalue weighted by Crippen LogP contribution is 2.40. The van der Waals surface area contributed by atoms with Crippen molar-refractivity contribution < 1.29 is 14.3 Å². The van der Waals surface area contributed by atoms with Gasteiger partial charge in [0.25, 0.3) is 0 Å². The van der Waals surface area contributed by atoms with Gasteiger partial charge in [0, 0.05) is 35.4 Å². The molecule has 5 nitrogen and oxygen atoms in total. The van der Waals surface area contributed by atoms with Gasteiger partial charge in [-0.25, -0.2) is 4.79 Å². The van der Waals surface area contributed by atoms with Gasteiger partial charge in [0.2, 0.25) is 0 Å². The fourth-order valence-electron chi connectivity index (χ4n) is 3.38. The summed E-state index contributed by atoms with van der Waals surface area (Å²) < 4.78 is 10.6. The van der Waals surface area contributed by atoms with Gasteiger partial charge in [-0.15, -0.1) is 0 Å². The van der Waals surface area contributed by atoms with E-state index in [4.69, 9.17) is 16.3 Å². The van der Waals surface area contributed by atoms with Crippen LogP contribution in [0.4, 0.5) is 11.4 Å². The molecule has 0 aliphatic carbocycles. The topological polar surface area (TPSA) is 42.0 Å². The molecule has 3 rings (SSSR count). The Morgan fingerprint density at radius 1 is 1.24 bits per heavy atom. The van der Waals surface area contributed by atoms with E-state index in [2.05, 4.69) is 20.6 Å². The Balaban J connectivity index is 1.62. The zero-order valence-corrected chi connectivity index (χ0v) is 17.7. The summed E-state index contributed by atoms with van der Waals surface area (Å²) in [6.45, 7) is 3.07. The molecule has 0 unspecified atom stereocenters. The molecule has 154 valence electrons. The van der Waals surface area contributed by atoms with Crippen molar-refractivity contribution in [1.82, 2.24) is 4.90 Å². The summed E-state index contributed by atoms with van der Waals surface area (Å²) >= 11 is 6.29. The molecule has 0 N–H and O–H groups in total. The first-order valence-electron chi connectivity index (χ1n) is 9.79. The summed E-state index contributed by atoms with van der Waals surface area (Å²) in [7, 11) is 3.43. The Bertz CT molecular complexity index is 869. The second-order valence-corrected chi connectivity index (χ2v) is 7.51. The van der Waals surface area contributed by atoms with Crippen LogP contribution in [0, 0.1) is 0 Å². The lowest BCUT2D eigenvalue weighted by atomic mass is 10.1. The number of anilines is 2. The van der Waals surface area contributed by atoms with E-state index in [1.807, 2.05) is 49.5 Å². The van der Waals surface area contributed by atoms with Crippen molar-refractivity contribution in [2.24, 2.45) is 0 Å². The lowest BCUT2D eigenvalue weighted by Crippen LogP contribution is -2.23. The molecule has 0 radical (unpaired) electrons. The van der Waals surface area contributed by atoms with Gasteiger partial charge in [0.05, 0.1) is 12.8 Å². The van der Waals surface area contributed by atoms with Crippen molar-refractivity contribution in [2.45, 2.75) is 19.4 Å². The van der Waals surface area contributed by atoms with Crippen LogP contribution in [0.3, 0.4) is 0 Å². The molecular formula is C23H27ClN2O3. The number of carbonyl (C=O) groups excluding carboxylic acids is 1. The van der Waals surface area contributed by atoms with Gasteiger partial charge >= 0.3 is 5.97 Å². The van der Waals surface area contributed by atoms with Crippen molar-refractivity contribution in [1.29, 1.82) is 0 Å². The fourth-order valence-corrected chi connectivity index (χ4v) is 3.54. The SMILES string of the molecule is COC(=O)/C=C/CN(C)CCCCN1c2cc(Cl)ccc2COc2ccccc21. The lowest BCUT2D eigenvalue weighted by Gasteiger charge is -2.26. The van der Waals surface area contributed by atoms with Gasteiger partial charge in [-0.3, -0.25) is 0 Å². The number of likely N-dealkylation sites (N-methyl/N-ethyl adjacent to an activating group) is 1. The van der Waals surface area contributed by atoms with Crippen LogP contribution >= 0.6 is 11.6 Å². The number of methoxy groups -OCH3 is 1. The summed E-state index contributed by atoms with van der Waals surface area (Å²) in [5.74, 6) is 0.572. The number of esters is 1. The van der Waals surface area contributed by atoms with Crippen LogP contribution in [0.15, 0.2) is 54.6 Å². The monoisotopic (exact) mass is 414 g/mol. The third-order valence-electron chi connectivity index (χ3n) is 4.92. The van der Waals surface area contributed by atoms with E-state index in [-0.39, 0.29) is 5.97 Å². The first kappa shape index (κ1) is 21.2. The van der Waals surface area contributed by atoms with Crippen molar-refractivity contribution in [3.63, 3.8) is 0 Å². The molecule has 0 atom stereocenters. The standard InChI is InChI=1S/C23H27ClN2O3/c1-25(14-7-10-23(27)28-2)13-5-6-15-26-20-8-3-4-9-22(20)29-17-18-11-12-19(24)16-21(18)26/h3-4,7-12,16H,5-6,13-15,17H2,1-2H3/b10-7+. The van der Waals surface area contributed by atoms with Crippen molar-refractivity contribution >= 4 is 28.9 Å². The first-order valence-corrected chi connectivity index (χ1v) is 10.2. The molecule has 2 aromatic carbocycles. The predicted molar refractivity (Wildman–Crippen MR) is 117 cm³/mol. The average molecular weight is 415 g/mol. The van der Waals surface area contributed by atoms with Crippen LogP contribution in [0.1, 0.15) is 18.4 Å². The van der Waals surface area contributed by atoms with Gasteiger partial charge < -0.3 is 19.3 Å². The van der Waals surface area contributed by atoms with Crippen molar-refractivity contribution in [3.8, 4) is 5.75 Å². The molecular weight excluding hydrogens is 388 g/mol. The molecule has 1 heterocycles. The Labute approximate surface area is 177 Å². The van der Waals surface area contributed by atoms with Crippen LogP contribution in [-0.4, -0.2) is 44.7 Å². The number of hydrogen-bond acceptors (Lipinski definition) is 5. The fraction of sp³-hybridized carbons (Fsp3) is 0.348. The maximum absolute atomic E-state index is 11.1. The summed E-state index contributed by atoms with van der Waals surface area (Å²) in [5, 5.41) is 0.727. The minimum Gasteiger partial charge on any atom is -0.487 e. The molecule has 1 aliphatic rings. The molecule has 29 heavy (non-hydrogen) atoms. The smallest absolute Gasteiger partial charge is 0.330 e. The molecule has 0 bridgehead atoms. The van der Waals surface area contributed by atoms with Crippen LogP contribution in [0.5, 0.6) is 5.75 Å². The molecule has 0 spiro atoms. The molecule has 2 aromatic rings. The molecule has 0 aromatic heterocycles. The van der Waals surface area contributed by atoms with Crippen molar-refractivity contribution in [3.05, 3.63) is 65.2 Å². The largest absolute Gasteiger partial charge is 0.487 e. The number of rotatable bonds is 8. The minimum atomic E-state index is -0.322. The third-order valence-corrected chi connectivity index (χ3v) is 5.16. The Morgan fingerprint density at radius 2 is 2.07 bits per heavy atom. The van der Waals surface area contributed by atoms with Crippen LogP contribution in [0.25, 0.3) is 0 Å². The van der Waals surface area contributed by atoms with Gasteiger partial charge in [-0.05, 0) is 50.7 Å². The second kappa shape index (κ2) is 10.3. The number of carbonyl (C=O) groups is 1. The number of fused-ring (bicyclic) bond motifs is 2. The number of halogens is 1. The first-order chi connectivity index (χ1) is 14.1. The summed E-state index contributed by atoms with van der Waals surface area (Å²) in [5.41, 5.74) is 3.32. The summed E-state index contributed by atoms with van der Waals surface area (Å²) in [4.78, 5) is 15.6. The predicted octanol–water partition coefficient (Wildman–Crippen LogP) is 4.81. The number of benzene rings is 2. The zero-order chi connectivity index (χ0) is 20.6. The third kappa shape index (κ3) is 5.75. The maximum atomic E-state index is 11.1. The molecule has 0 saturated heterocycles. The number of ether oxygens (including phenoxy) is 2. The Morgan fingerprint density at radius 3 is 2.90 bits per heavy atom. The van der Waals surface area contributed by atoms with Crippen LogP contribution < -0.4 is 9.64 Å². The average Bonchev–Trinajstić information content (AvgIpc) is 2.88. The molecule has 0 amide bonds. The van der Waals surface area contributed by atoms with E-state index in [0.717, 1.165) is 53.6 Å². The zero-order valence-electron chi connectivity index (χ0n) is 16.9. The van der Waals surface area contributed by atoms with E-state index in [0.29, 0.717) is 13.2 Å². The minimum absolute atomic E-state index is 0.322. The van der Waals surface area contributed by atoms with E-state index in [1.54, 1.807) is 0 Å². The highest BCUT2D eigenvalue weighted by Gasteiger charge is 2.21. The van der Waals surface area contributed by atoms with E-state index >= 15 is 0 Å². The van der Waals surface area contributed by atoms with E-state index in [1.165, 1.54) is 13.2 Å². The Kier molecular flexibility index (Phi) is 7.55. The molecule has 0 fully saturated rings. The quantitative estimate of drug-likeness (QED) is 0.352. The summed E-state index contributed by atoms with van der Waals surface area (Å²) in [6.07, 6.45) is 5.35. The van der Waals surface area contributed by atoms with E-state index < -0.39 is 0 Å². The highest BCUT2D eigenvalue weighted by molar-refractivity contribution is 6.30. The molecule has 1 aliphatic heterocycles. The number of unbranched alkanes of at least 4 members (excludes halogenated alkanes) is 1. The maximum Gasteiger partial charge on any atom is 0.330 e. The number of hydrogen-bond donors (Lipinski definition) is 0. The molecule has 0 saturated carbocycles. The van der Waals surface area contributed by atoms with Crippen LogP contribution in [-0.2, 0) is 16.1 Å². The second-order valence-electron chi connectivity index (χ2n) is 7.08. The normalized spacial score (nSPS) is 13.0. The summed E-state index contributed by atoms with van der Waals surface area (Å²) in [6, 6.07) is 14.1.